The van der Waals surface area contributed by atoms with E-state index in [0.29, 0.717) is 22.5 Å². The van der Waals surface area contributed by atoms with E-state index >= 15 is 0 Å². The van der Waals surface area contributed by atoms with Gasteiger partial charge < -0.3 is 0 Å². The van der Waals surface area contributed by atoms with Crippen LogP contribution in [0, 0.1) is 5.41 Å². The number of carbonyl (C=O) groups is 1. The second-order valence-corrected chi connectivity index (χ2v) is 4.60. The smallest absolute Gasteiger partial charge is 0.239 e. The molecule has 1 saturated heterocycles. The van der Waals surface area contributed by atoms with Crippen LogP contribution in [0.2, 0.25) is 5.02 Å². The Hall–Kier alpha value is -1.00. The van der Waals surface area contributed by atoms with Gasteiger partial charge in [0.2, 0.25) is 5.91 Å². The van der Waals surface area contributed by atoms with Crippen LogP contribution in [0.25, 0.3) is 0 Å². The average Bonchev–Trinajstić information content (AvgIpc) is 2.53. The minimum absolute atomic E-state index is 0.0000463. The zero-order valence-corrected chi connectivity index (χ0v) is 9.44. The lowest BCUT2D eigenvalue weighted by atomic mass is 10.2. The van der Waals surface area contributed by atoms with E-state index in [-0.39, 0.29) is 5.91 Å². The van der Waals surface area contributed by atoms with Crippen molar-refractivity contribution >= 4 is 34.4 Å². The Morgan fingerprint density at radius 3 is 2.60 bits per heavy atom. The number of carbonyl (C=O) groups excluding carboxylic acids is 1. The van der Waals surface area contributed by atoms with E-state index in [0.717, 1.165) is 5.56 Å². The molecule has 15 heavy (non-hydrogen) atoms. The summed E-state index contributed by atoms with van der Waals surface area (Å²) in [6.07, 6.45) is 0. The van der Waals surface area contributed by atoms with Gasteiger partial charge in [0, 0.05) is 5.02 Å². The SMILES string of the molecule is N=C1SCC(=O)N1Cc1ccc(Cl)cc1. The first kappa shape index (κ1) is 10.5. The normalized spacial score (nSPS) is 16.2. The lowest BCUT2D eigenvalue weighted by Gasteiger charge is -2.14. The van der Waals surface area contributed by atoms with Crippen molar-refractivity contribution in [3.05, 3.63) is 34.9 Å². The molecular formula is C10H9ClN2OS. The van der Waals surface area contributed by atoms with Gasteiger partial charge in [0.1, 0.15) is 0 Å². The second-order valence-electron chi connectivity index (χ2n) is 3.20. The largest absolute Gasteiger partial charge is 0.287 e. The van der Waals surface area contributed by atoms with Crippen LogP contribution in [0.3, 0.4) is 0 Å². The molecule has 0 bridgehead atoms. The van der Waals surface area contributed by atoms with Gasteiger partial charge in [0.15, 0.2) is 5.17 Å². The Morgan fingerprint density at radius 1 is 1.40 bits per heavy atom. The summed E-state index contributed by atoms with van der Waals surface area (Å²) in [4.78, 5) is 12.9. The van der Waals surface area contributed by atoms with E-state index in [1.165, 1.54) is 16.7 Å². The fourth-order valence-corrected chi connectivity index (χ4v) is 2.20. The lowest BCUT2D eigenvalue weighted by Crippen LogP contribution is -2.28. The molecule has 1 aliphatic heterocycles. The molecule has 0 atom stereocenters. The molecule has 1 N–H and O–H groups in total. The summed E-state index contributed by atoms with van der Waals surface area (Å²) >= 11 is 7.03. The molecule has 2 rings (SSSR count). The highest BCUT2D eigenvalue weighted by Gasteiger charge is 2.26. The van der Waals surface area contributed by atoms with Gasteiger partial charge in [-0.3, -0.25) is 15.1 Å². The standard InChI is InChI=1S/C10H9ClN2OS/c11-8-3-1-7(2-4-8)5-13-9(14)6-15-10(13)12/h1-4,12H,5-6H2. The minimum atomic E-state index is -0.0000463. The molecule has 1 amide bonds. The maximum atomic E-state index is 11.4. The molecule has 78 valence electrons. The second kappa shape index (κ2) is 4.24. The molecule has 1 aromatic rings. The van der Waals surface area contributed by atoms with Crippen LogP contribution in [-0.2, 0) is 11.3 Å². The number of benzene rings is 1. The maximum absolute atomic E-state index is 11.4. The molecule has 1 aromatic carbocycles. The van der Waals surface area contributed by atoms with Crippen molar-refractivity contribution in [1.82, 2.24) is 4.90 Å². The maximum Gasteiger partial charge on any atom is 0.239 e. The number of hydrogen-bond donors (Lipinski definition) is 1. The van der Waals surface area contributed by atoms with E-state index in [1.54, 1.807) is 12.1 Å². The third-order valence-corrected chi connectivity index (χ3v) is 3.27. The van der Waals surface area contributed by atoms with Crippen molar-refractivity contribution < 1.29 is 4.79 Å². The lowest BCUT2D eigenvalue weighted by molar-refractivity contribution is -0.124. The zero-order chi connectivity index (χ0) is 10.8. The van der Waals surface area contributed by atoms with Crippen LogP contribution >= 0.6 is 23.4 Å². The third-order valence-electron chi connectivity index (χ3n) is 2.13. The summed E-state index contributed by atoms with van der Waals surface area (Å²) in [6.45, 7) is 0.460. The Balaban J connectivity index is 2.11. The molecule has 0 aliphatic carbocycles. The van der Waals surface area contributed by atoms with E-state index in [4.69, 9.17) is 17.0 Å². The first-order valence-corrected chi connectivity index (χ1v) is 5.79. The molecule has 1 fully saturated rings. The third kappa shape index (κ3) is 2.33. The summed E-state index contributed by atoms with van der Waals surface area (Å²) < 4.78 is 0. The van der Waals surface area contributed by atoms with Crippen LogP contribution < -0.4 is 0 Å². The molecular weight excluding hydrogens is 232 g/mol. The zero-order valence-electron chi connectivity index (χ0n) is 7.87. The summed E-state index contributed by atoms with van der Waals surface area (Å²) in [7, 11) is 0. The van der Waals surface area contributed by atoms with Crippen LogP contribution in [0.15, 0.2) is 24.3 Å². The van der Waals surface area contributed by atoms with Gasteiger partial charge in [-0.25, -0.2) is 0 Å². The monoisotopic (exact) mass is 240 g/mol. The quantitative estimate of drug-likeness (QED) is 0.863. The van der Waals surface area contributed by atoms with Gasteiger partial charge in [-0.2, -0.15) is 0 Å². The molecule has 0 saturated carbocycles. The van der Waals surface area contributed by atoms with E-state index in [2.05, 4.69) is 0 Å². The van der Waals surface area contributed by atoms with Gasteiger partial charge in [-0.1, -0.05) is 35.5 Å². The van der Waals surface area contributed by atoms with Gasteiger partial charge in [-0.15, -0.1) is 0 Å². The van der Waals surface area contributed by atoms with Crippen molar-refractivity contribution in [1.29, 1.82) is 5.41 Å². The van der Waals surface area contributed by atoms with Crippen molar-refractivity contribution in [2.75, 3.05) is 5.75 Å². The number of amides is 1. The first-order valence-electron chi connectivity index (χ1n) is 4.43. The molecule has 1 aliphatic rings. The number of nitrogens with zero attached hydrogens (tertiary/aromatic N) is 1. The predicted molar refractivity (Wildman–Crippen MR) is 62.2 cm³/mol. The van der Waals surface area contributed by atoms with Crippen LogP contribution in [0.5, 0.6) is 0 Å². The Morgan fingerprint density at radius 2 is 2.07 bits per heavy atom. The van der Waals surface area contributed by atoms with Gasteiger partial charge in [-0.05, 0) is 17.7 Å². The van der Waals surface area contributed by atoms with Gasteiger partial charge in [0.25, 0.3) is 0 Å². The average molecular weight is 241 g/mol. The number of amidine groups is 1. The van der Waals surface area contributed by atoms with Gasteiger partial charge >= 0.3 is 0 Å². The predicted octanol–water partition coefficient (Wildman–Crippen LogP) is 2.35. The summed E-state index contributed by atoms with van der Waals surface area (Å²) in [6, 6.07) is 7.31. The number of thioether (sulfide) groups is 1. The van der Waals surface area contributed by atoms with Crippen molar-refractivity contribution in [3.8, 4) is 0 Å². The number of rotatable bonds is 2. The highest BCUT2D eigenvalue weighted by atomic mass is 35.5. The number of hydrogen-bond acceptors (Lipinski definition) is 3. The molecule has 0 aromatic heterocycles. The molecule has 0 spiro atoms. The molecule has 0 unspecified atom stereocenters. The van der Waals surface area contributed by atoms with Gasteiger partial charge in [0.05, 0.1) is 12.3 Å². The van der Waals surface area contributed by atoms with Crippen molar-refractivity contribution in [3.63, 3.8) is 0 Å². The topological polar surface area (TPSA) is 44.2 Å². The fraction of sp³-hybridized carbons (Fsp3) is 0.200. The molecule has 0 radical (unpaired) electrons. The molecule has 5 heteroatoms. The van der Waals surface area contributed by atoms with E-state index in [1.807, 2.05) is 12.1 Å². The first-order chi connectivity index (χ1) is 7.16. The Bertz CT molecular complexity index is 388. The van der Waals surface area contributed by atoms with Crippen LogP contribution in [0.1, 0.15) is 5.56 Å². The summed E-state index contributed by atoms with van der Waals surface area (Å²) in [5.74, 6) is 0.381. The number of nitrogens with one attached hydrogen (secondary N) is 1. The van der Waals surface area contributed by atoms with Crippen molar-refractivity contribution in [2.45, 2.75) is 6.54 Å². The fourth-order valence-electron chi connectivity index (χ4n) is 1.33. The van der Waals surface area contributed by atoms with E-state index in [9.17, 15) is 4.79 Å². The Labute approximate surface area is 96.9 Å². The molecule has 1 heterocycles. The van der Waals surface area contributed by atoms with Crippen LogP contribution in [0.4, 0.5) is 0 Å². The minimum Gasteiger partial charge on any atom is -0.287 e. The molecule has 3 nitrogen and oxygen atoms in total. The van der Waals surface area contributed by atoms with E-state index < -0.39 is 0 Å². The highest BCUT2D eigenvalue weighted by Crippen LogP contribution is 2.20. The van der Waals surface area contributed by atoms with Crippen LogP contribution in [-0.4, -0.2) is 21.7 Å². The summed E-state index contributed by atoms with van der Waals surface area (Å²) in [5, 5.41) is 8.58. The summed E-state index contributed by atoms with van der Waals surface area (Å²) in [5.41, 5.74) is 0.986. The number of halogens is 1. The van der Waals surface area contributed by atoms with Crippen molar-refractivity contribution in [2.24, 2.45) is 0 Å². The Kier molecular flexibility index (Phi) is 2.98. The highest BCUT2D eigenvalue weighted by molar-refractivity contribution is 8.14.